The molecule has 23 heavy (non-hydrogen) atoms. The fourth-order valence-corrected chi connectivity index (χ4v) is 3.21. The van der Waals surface area contributed by atoms with E-state index in [0.29, 0.717) is 18.6 Å². The van der Waals surface area contributed by atoms with Crippen molar-refractivity contribution >= 4 is 0 Å². The first-order valence-electron chi connectivity index (χ1n) is 8.25. The molecule has 2 aromatic rings. The number of nitriles is 1. The van der Waals surface area contributed by atoms with Crippen molar-refractivity contribution in [3.63, 3.8) is 0 Å². The number of aryl methyl sites for hydroxylation is 1. The van der Waals surface area contributed by atoms with Crippen molar-refractivity contribution in [3.8, 4) is 6.07 Å². The lowest BCUT2D eigenvalue weighted by atomic mass is 9.89. The maximum atomic E-state index is 8.95. The number of fused-ring (bicyclic) bond motifs is 1. The molecule has 118 valence electrons. The highest BCUT2D eigenvalue weighted by atomic mass is 16.5. The number of pyridine rings is 1. The number of nitrogens with zero attached hydrogens (tertiary/aromatic N) is 2. The molecule has 2 saturated heterocycles. The van der Waals surface area contributed by atoms with E-state index in [1.165, 1.54) is 30.4 Å². The first kappa shape index (κ1) is 15.7. The molecule has 0 amide bonds. The van der Waals surface area contributed by atoms with Gasteiger partial charge in [0.05, 0.1) is 18.3 Å². The Morgan fingerprint density at radius 3 is 2.13 bits per heavy atom. The number of hydrogen-bond acceptors (Lipinski definition) is 3. The number of ether oxygens (including phenoxy) is 1. The molecule has 1 aromatic heterocycles. The van der Waals surface area contributed by atoms with E-state index in [1.807, 2.05) is 12.1 Å². The zero-order valence-corrected chi connectivity index (χ0v) is 13.5. The van der Waals surface area contributed by atoms with Crippen LogP contribution in [-0.4, -0.2) is 17.2 Å². The predicted octanol–water partition coefficient (Wildman–Crippen LogP) is 4.37. The van der Waals surface area contributed by atoms with Gasteiger partial charge < -0.3 is 4.74 Å². The van der Waals surface area contributed by atoms with Crippen LogP contribution in [0.5, 0.6) is 0 Å². The minimum Gasteiger partial charge on any atom is -0.375 e. The van der Waals surface area contributed by atoms with Gasteiger partial charge in [-0.2, -0.15) is 5.26 Å². The van der Waals surface area contributed by atoms with Crippen LogP contribution in [0.15, 0.2) is 48.8 Å². The molecule has 1 aromatic carbocycles. The second-order valence-electron chi connectivity index (χ2n) is 6.30. The van der Waals surface area contributed by atoms with E-state index in [-0.39, 0.29) is 5.92 Å². The van der Waals surface area contributed by atoms with Gasteiger partial charge in [-0.1, -0.05) is 29.8 Å². The summed E-state index contributed by atoms with van der Waals surface area (Å²) in [5, 5.41) is 8.95. The van der Waals surface area contributed by atoms with Crippen LogP contribution in [0.1, 0.15) is 48.3 Å². The molecular formula is C20H22N2O. The molecular weight excluding hydrogens is 284 g/mol. The molecule has 5 rings (SSSR count). The molecule has 2 aliphatic heterocycles. The van der Waals surface area contributed by atoms with Gasteiger partial charge in [0, 0.05) is 24.7 Å². The standard InChI is InChI=1S/C15H14N2.C5H8O/c1-12-2-4-13(5-3-12)15(6-9-16)14-7-10-17-11-8-14;1-2-5-3-4(1)6-5/h2-5,7-8,10-11,15H,6H2,1H3;4-5H,1-3H2. The molecule has 3 heterocycles. The first-order valence-corrected chi connectivity index (χ1v) is 8.25. The number of hydrogen-bond donors (Lipinski definition) is 0. The van der Waals surface area contributed by atoms with Crippen LogP contribution in [0.2, 0.25) is 0 Å². The van der Waals surface area contributed by atoms with Gasteiger partial charge in [0.2, 0.25) is 0 Å². The maximum absolute atomic E-state index is 8.95. The van der Waals surface area contributed by atoms with Crippen molar-refractivity contribution in [2.45, 2.75) is 50.7 Å². The highest BCUT2D eigenvalue weighted by Crippen LogP contribution is 2.36. The van der Waals surface area contributed by atoms with Crippen molar-refractivity contribution in [2.75, 3.05) is 0 Å². The van der Waals surface area contributed by atoms with Crippen LogP contribution in [0.4, 0.5) is 0 Å². The largest absolute Gasteiger partial charge is 0.375 e. The summed E-state index contributed by atoms with van der Waals surface area (Å²) in [6.07, 6.45) is 9.45. The fourth-order valence-electron chi connectivity index (χ4n) is 3.21. The van der Waals surface area contributed by atoms with Crippen molar-refractivity contribution in [1.29, 1.82) is 5.26 Å². The number of benzene rings is 1. The summed E-state index contributed by atoms with van der Waals surface area (Å²) in [6, 6.07) is 14.6. The normalized spacial score (nSPS) is 22.3. The third-order valence-corrected chi connectivity index (χ3v) is 4.60. The summed E-state index contributed by atoms with van der Waals surface area (Å²) < 4.78 is 5.25. The molecule has 3 unspecified atom stereocenters. The Balaban J connectivity index is 0.000000213. The average molecular weight is 306 g/mol. The maximum Gasteiger partial charge on any atom is 0.0631 e. The van der Waals surface area contributed by atoms with E-state index >= 15 is 0 Å². The van der Waals surface area contributed by atoms with Crippen LogP contribution in [0, 0.1) is 18.3 Å². The third-order valence-electron chi connectivity index (χ3n) is 4.60. The Bertz CT molecular complexity index is 641. The molecule has 2 bridgehead atoms. The lowest BCUT2D eigenvalue weighted by Gasteiger charge is -2.23. The molecule has 3 atom stereocenters. The SMILES string of the molecule is C1CC2CC1O2.Cc1ccc(C(CC#N)c2ccncc2)cc1. The van der Waals surface area contributed by atoms with E-state index in [9.17, 15) is 0 Å². The Labute approximate surface area is 137 Å². The summed E-state index contributed by atoms with van der Waals surface area (Å²) in [7, 11) is 0. The smallest absolute Gasteiger partial charge is 0.0631 e. The third kappa shape index (κ3) is 3.97. The van der Waals surface area contributed by atoms with Gasteiger partial charge in [0.15, 0.2) is 0 Å². The highest BCUT2D eigenvalue weighted by Gasteiger charge is 2.36. The summed E-state index contributed by atoms with van der Waals surface area (Å²) in [6.45, 7) is 2.06. The zero-order chi connectivity index (χ0) is 16.1. The van der Waals surface area contributed by atoms with E-state index in [4.69, 9.17) is 10.00 Å². The van der Waals surface area contributed by atoms with Crippen LogP contribution in [0.25, 0.3) is 0 Å². The monoisotopic (exact) mass is 306 g/mol. The van der Waals surface area contributed by atoms with Gasteiger partial charge in [-0.15, -0.1) is 0 Å². The Morgan fingerprint density at radius 1 is 1.09 bits per heavy atom. The summed E-state index contributed by atoms with van der Waals surface area (Å²) in [5.41, 5.74) is 3.56. The van der Waals surface area contributed by atoms with Crippen LogP contribution < -0.4 is 0 Å². The molecule has 0 spiro atoms. The molecule has 1 aliphatic carbocycles. The summed E-state index contributed by atoms with van der Waals surface area (Å²) in [4.78, 5) is 4.01. The molecule has 3 nitrogen and oxygen atoms in total. The van der Waals surface area contributed by atoms with Gasteiger partial charge in [0.1, 0.15) is 0 Å². The lowest BCUT2D eigenvalue weighted by molar-refractivity contribution is -0.0647. The summed E-state index contributed by atoms with van der Waals surface area (Å²) >= 11 is 0. The second kappa shape index (κ2) is 7.39. The fraction of sp³-hybridized carbons (Fsp3) is 0.400. The van der Waals surface area contributed by atoms with Gasteiger partial charge in [-0.05, 0) is 49.4 Å². The minimum atomic E-state index is 0.142. The van der Waals surface area contributed by atoms with Gasteiger partial charge >= 0.3 is 0 Å². The Hall–Kier alpha value is -2.18. The molecule has 3 fully saturated rings. The average Bonchev–Trinajstić information content (AvgIpc) is 3.21. The van der Waals surface area contributed by atoms with E-state index < -0.39 is 0 Å². The number of aromatic nitrogens is 1. The van der Waals surface area contributed by atoms with Crippen molar-refractivity contribution in [2.24, 2.45) is 0 Å². The lowest BCUT2D eigenvalue weighted by Crippen LogP contribution is -2.25. The van der Waals surface area contributed by atoms with Crippen molar-refractivity contribution < 1.29 is 4.74 Å². The van der Waals surface area contributed by atoms with Gasteiger partial charge in [0.25, 0.3) is 0 Å². The molecule has 3 heteroatoms. The predicted molar refractivity (Wildman–Crippen MR) is 90.0 cm³/mol. The van der Waals surface area contributed by atoms with Crippen LogP contribution in [-0.2, 0) is 4.74 Å². The summed E-state index contributed by atoms with van der Waals surface area (Å²) in [5.74, 6) is 0.142. The highest BCUT2D eigenvalue weighted by molar-refractivity contribution is 5.33. The molecule has 3 aliphatic rings. The zero-order valence-electron chi connectivity index (χ0n) is 13.5. The van der Waals surface area contributed by atoms with E-state index in [0.717, 1.165) is 5.56 Å². The minimum absolute atomic E-state index is 0.142. The Morgan fingerprint density at radius 2 is 1.65 bits per heavy atom. The van der Waals surface area contributed by atoms with Crippen LogP contribution in [0.3, 0.4) is 0 Å². The molecule has 0 radical (unpaired) electrons. The van der Waals surface area contributed by atoms with E-state index in [2.05, 4.69) is 42.2 Å². The topological polar surface area (TPSA) is 45.9 Å². The van der Waals surface area contributed by atoms with Crippen molar-refractivity contribution in [1.82, 2.24) is 4.98 Å². The first-order chi connectivity index (χ1) is 11.3. The van der Waals surface area contributed by atoms with Crippen LogP contribution >= 0.6 is 0 Å². The van der Waals surface area contributed by atoms with E-state index in [1.54, 1.807) is 12.4 Å². The number of rotatable bonds is 3. The second-order valence-corrected chi connectivity index (χ2v) is 6.30. The van der Waals surface area contributed by atoms with Crippen molar-refractivity contribution in [3.05, 3.63) is 65.5 Å². The molecule has 0 N–H and O–H groups in total. The Kier molecular flexibility index (Phi) is 5.05. The van der Waals surface area contributed by atoms with Gasteiger partial charge in [-0.3, -0.25) is 4.98 Å². The van der Waals surface area contributed by atoms with Gasteiger partial charge in [-0.25, -0.2) is 0 Å². The quantitative estimate of drug-likeness (QED) is 0.845. The molecule has 1 saturated carbocycles.